The molecule has 0 N–H and O–H groups in total. The van der Waals surface area contributed by atoms with Crippen LogP contribution in [0.4, 0.5) is 10.1 Å². The Morgan fingerprint density at radius 3 is 2.67 bits per heavy atom. The summed E-state index contributed by atoms with van der Waals surface area (Å²) in [5.41, 5.74) is 0.135. The molecule has 0 spiro atoms. The quantitative estimate of drug-likeness (QED) is 0.795. The third kappa shape index (κ3) is 2.01. The highest BCUT2D eigenvalue weighted by Crippen LogP contribution is 2.28. The summed E-state index contributed by atoms with van der Waals surface area (Å²) in [6, 6.07) is 4.37. The normalized spacial score (nSPS) is 19.5. The van der Waals surface area contributed by atoms with Crippen molar-refractivity contribution in [3.05, 3.63) is 28.5 Å². The maximum Gasteiger partial charge on any atom is 0.235 e. The van der Waals surface area contributed by atoms with Crippen LogP contribution in [0.2, 0.25) is 0 Å². The van der Waals surface area contributed by atoms with Crippen molar-refractivity contribution >= 4 is 31.6 Å². The van der Waals surface area contributed by atoms with E-state index in [4.69, 9.17) is 0 Å². The minimum absolute atomic E-state index is 0.0997. The van der Waals surface area contributed by atoms with Gasteiger partial charge in [0.15, 0.2) is 0 Å². The molecule has 1 aromatic rings. The average molecular weight is 294 g/mol. The van der Waals surface area contributed by atoms with Crippen LogP contribution in [0.3, 0.4) is 0 Å². The summed E-state index contributed by atoms with van der Waals surface area (Å²) in [7, 11) is -3.30. The van der Waals surface area contributed by atoms with Crippen LogP contribution >= 0.6 is 15.9 Å². The molecule has 0 saturated carbocycles. The lowest BCUT2D eigenvalue weighted by atomic mass is 10.3. The zero-order valence-corrected chi connectivity index (χ0v) is 10.2. The zero-order chi connectivity index (χ0) is 11.1. The second kappa shape index (κ2) is 3.75. The number of hydrogen-bond acceptors (Lipinski definition) is 2. The van der Waals surface area contributed by atoms with Crippen molar-refractivity contribution < 1.29 is 12.8 Å². The fourth-order valence-corrected chi connectivity index (χ4v) is 3.50. The maximum absolute atomic E-state index is 13.5. The average Bonchev–Trinajstić information content (AvgIpc) is 2.46. The van der Waals surface area contributed by atoms with Gasteiger partial charge in [0.25, 0.3) is 0 Å². The van der Waals surface area contributed by atoms with E-state index in [1.165, 1.54) is 12.1 Å². The van der Waals surface area contributed by atoms with E-state index in [0.29, 0.717) is 17.4 Å². The van der Waals surface area contributed by atoms with E-state index in [1.54, 1.807) is 6.07 Å². The van der Waals surface area contributed by atoms with E-state index < -0.39 is 15.8 Å². The van der Waals surface area contributed by atoms with Crippen molar-refractivity contribution in [2.75, 3.05) is 16.6 Å². The molecule has 0 aromatic heterocycles. The minimum Gasteiger partial charge on any atom is -0.267 e. The number of benzene rings is 1. The van der Waals surface area contributed by atoms with Crippen LogP contribution in [0, 0.1) is 5.82 Å². The summed E-state index contributed by atoms with van der Waals surface area (Å²) in [5, 5.41) is 0. The summed E-state index contributed by atoms with van der Waals surface area (Å²) in [6.45, 7) is 0.362. The molecule has 0 aliphatic carbocycles. The molecule has 6 heteroatoms. The Kier molecular flexibility index (Phi) is 2.72. The van der Waals surface area contributed by atoms with Gasteiger partial charge in [-0.3, -0.25) is 4.31 Å². The van der Waals surface area contributed by atoms with E-state index >= 15 is 0 Å². The van der Waals surface area contributed by atoms with Gasteiger partial charge in [-0.1, -0.05) is 15.9 Å². The number of halogens is 2. The van der Waals surface area contributed by atoms with Crippen molar-refractivity contribution in [1.82, 2.24) is 0 Å². The Morgan fingerprint density at radius 2 is 2.13 bits per heavy atom. The molecule has 0 unspecified atom stereocenters. The highest BCUT2D eigenvalue weighted by atomic mass is 79.9. The molecule has 1 aromatic carbocycles. The first-order valence-corrected chi connectivity index (χ1v) is 6.86. The van der Waals surface area contributed by atoms with E-state index in [1.807, 2.05) is 0 Å². The molecule has 1 aliphatic heterocycles. The first-order valence-electron chi connectivity index (χ1n) is 4.46. The Hall–Kier alpha value is -0.620. The Labute approximate surface area is 96.1 Å². The molecule has 1 saturated heterocycles. The molecule has 15 heavy (non-hydrogen) atoms. The summed E-state index contributed by atoms with van der Waals surface area (Å²) in [6.07, 6.45) is 0.553. The van der Waals surface area contributed by atoms with E-state index in [9.17, 15) is 12.8 Å². The largest absolute Gasteiger partial charge is 0.267 e. The van der Waals surface area contributed by atoms with Crippen LogP contribution in [0.25, 0.3) is 0 Å². The Morgan fingerprint density at radius 1 is 1.40 bits per heavy atom. The van der Waals surface area contributed by atoms with Gasteiger partial charge < -0.3 is 0 Å². The zero-order valence-electron chi connectivity index (χ0n) is 7.78. The Bertz CT molecular complexity index is 489. The molecule has 1 heterocycles. The number of hydrogen-bond donors (Lipinski definition) is 0. The standard InChI is InChI=1S/C9H9BrFNO2S/c10-7-2-3-9(8(11)6-7)12-4-1-5-15(12,13)14/h2-3,6H,1,4-5H2. The van der Waals surface area contributed by atoms with Crippen LogP contribution in [0.1, 0.15) is 6.42 Å². The molecule has 3 nitrogen and oxygen atoms in total. The number of anilines is 1. The van der Waals surface area contributed by atoms with Crippen LogP contribution in [0.15, 0.2) is 22.7 Å². The summed E-state index contributed by atoms with van der Waals surface area (Å²) >= 11 is 3.13. The smallest absolute Gasteiger partial charge is 0.235 e. The van der Waals surface area contributed by atoms with Crippen LogP contribution in [-0.2, 0) is 10.0 Å². The van der Waals surface area contributed by atoms with Gasteiger partial charge in [-0.15, -0.1) is 0 Å². The summed E-state index contributed by atoms with van der Waals surface area (Å²) in [4.78, 5) is 0. The first-order chi connectivity index (χ1) is 7.00. The van der Waals surface area contributed by atoms with Crippen molar-refractivity contribution in [2.45, 2.75) is 6.42 Å². The summed E-state index contributed by atoms with van der Waals surface area (Å²) < 4.78 is 38.3. The van der Waals surface area contributed by atoms with Crippen molar-refractivity contribution in [3.63, 3.8) is 0 Å². The minimum atomic E-state index is -3.30. The fourth-order valence-electron chi connectivity index (χ4n) is 1.59. The lowest BCUT2D eigenvalue weighted by Gasteiger charge is -2.17. The lowest BCUT2D eigenvalue weighted by Crippen LogP contribution is -2.25. The number of nitrogens with zero attached hydrogens (tertiary/aromatic N) is 1. The molecule has 0 radical (unpaired) electrons. The first kappa shape index (κ1) is 10.9. The monoisotopic (exact) mass is 293 g/mol. The predicted octanol–water partition coefficient (Wildman–Crippen LogP) is 2.13. The number of sulfonamides is 1. The molecule has 0 amide bonds. The van der Waals surface area contributed by atoms with Gasteiger partial charge in [0.05, 0.1) is 11.4 Å². The van der Waals surface area contributed by atoms with E-state index in [-0.39, 0.29) is 11.4 Å². The third-order valence-corrected chi connectivity index (χ3v) is 4.63. The topological polar surface area (TPSA) is 37.4 Å². The molecule has 1 aliphatic rings. The van der Waals surface area contributed by atoms with Crippen molar-refractivity contribution in [2.24, 2.45) is 0 Å². The fraction of sp³-hybridized carbons (Fsp3) is 0.333. The highest BCUT2D eigenvalue weighted by molar-refractivity contribution is 9.10. The second-order valence-electron chi connectivity index (χ2n) is 3.34. The summed E-state index contributed by atoms with van der Waals surface area (Å²) in [5.74, 6) is -0.419. The SMILES string of the molecule is O=S1(=O)CCCN1c1ccc(Br)cc1F. The predicted molar refractivity (Wildman–Crippen MR) is 59.8 cm³/mol. The van der Waals surface area contributed by atoms with E-state index in [0.717, 1.165) is 4.31 Å². The Balaban J connectivity index is 2.46. The maximum atomic E-state index is 13.5. The van der Waals surface area contributed by atoms with Crippen molar-refractivity contribution in [1.29, 1.82) is 0 Å². The van der Waals surface area contributed by atoms with E-state index in [2.05, 4.69) is 15.9 Å². The highest BCUT2D eigenvalue weighted by Gasteiger charge is 2.30. The lowest BCUT2D eigenvalue weighted by molar-refractivity contribution is 0.594. The van der Waals surface area contributed by atoms with Gasteiger partial charge >= 0.3 is 0 Å². The van der Waals surface area contributed by atoms with Gasteiger partial charge in [-0.25, -0.2) is 12.8 Å². The van der Waals surface area contributed by atoms with Crippen molar-refractivity contribution in [3.8, 4) is 0 Å². The van der Waals surface area contributed by atoms with Gasteiger partial charge in [0.2, 0.25) is 10.0 Å². The van der Waals surface area contributed by atoms with Crippen LogP contribution in [0.5, 0.6) is 0 Å². The molecule has 0 atom stereocenters. The van der Waals surface area contributed by atoms with Gasteiger partial charge in [-0.05, 0) is 24.6 Å². The molecule has 2 rings (SSSR count). The third-order valence-electron chi connectivity index (χ3n) is 2.28. The van der Waals surface area contributed by atoms with Gasteiger partial charge in [-0.2, -0.15) is 0 Å². The number of rotatable bonds is 1. The molecule has 1 fully saturated rings. The molecular weight excluding hydrogens is 285 g/mol. The van der Waals surface area contributed by atoms with Gasteiger partial charge in [0.1, 0.15) is 5.82 Å². The van der Waals surface area contributed by atoms with Crippen LogP contribution in [-0.4, -0.2) is 20.7 Å². The molecule has 82 valence electrons. The van der Waals surface area contributed by atoms with Gasteiger partial charge in [0, 0.05) is 11.0 Å². The second-order valence-corrected chi connectivity index (χ2v) is 6.27. The molecule has 0 bridgehead atoms. The van der Waals surface area contributed by atoms with Crippen LogP contribution < -0.4 is 4.31 Å². The molecular formula is C9H9BrFNO2S.